The quantitative estimate of drug-likeness (QED) is 0.698. The van der Waals surface area contributed by atoms with E-state index >= 15 is 0 Å². The Labute approximate surface area is 82.3 Å². The SMILES string of the molecule is O=C(Cc1ccc(F)cc1)N1CCC1. The Bertz CT molecular complexity index is 330. The van der Waals surface area contributed by atoms with Crippen molar-refractivity contribution in [2.24, 2.45) is 0 Å². The normalized spacial score (nSPS) is 15.1. The Kier molecular flexibility index (Phi) is 2.48. The van der Waals surface area contributed by atoms with Gasteiger partial charge >= 0.3 is 0 Å². The van der Waals surface area contributed by atoms with Crippen molar-refractivity contribution in [2.45, 2.75) is 12.8 Å². The average Bonchev–Trinajstić information content (AvgIpc) is 2.06. The first-order valence-electron chi connectivity index (χ1n) is 4.78. The van der Waals surface area contributed by atoms with Gasteiger partial charge in [-0.1, -0.05) is 12.1 Å². The number of amides is 1. The Morgan fingerprint density at radius 3 is 2.43 bits per heavy atom. The number of carbonyl (C=O) groups is 1. The van der Waals surface area contributed by atoms with Gasteiger partial charge in [0.25, 0.3) is 0 Å². The van der Waals surface area contributed by atoms with E-state index in [-0.39, 0.29) is 11.7 Å². The van der Waals surface area contributed by atoms with Gasteiger partial charge in [-0.05, 0) is 24.1 Å². The van der Waals surface area contributed by atoms with Crippen LogP contribution in [0.3, 0.4) is 0 Å². The molecule has 2 nitrogen and oxygen atoms in total. The van der Waals surface area contributed by atoms with Crippen molar-refractivity contribution in [2.75, 3.05) is 13.1 Å². The second-order valence-electron chi connectivity index (χ2n) is 3.54. The highest BCUT2D eigenvalue weighted by Gasteiger charge is 2.19. The Balaban J connectivity index is 1.96. The maximum Gasteiger partial charge on any atom is 0.226 e. The molecule has 1 aliphatic heterocycles. The van der Waals surface area contributed by atoms with E-state index in [1.54, 1.807) is 12.1 Å². The summed E-state index contributed by atoms with van der Waals surface area (Å²) < 4.78 is 12.6. The van der Waals surface area contributed by atoms with Gasteiger partial charge in [-0.15, -0.1) is 0 Å². The molecule has 1 aromatic rings. The minimum atomic E-state index is -0.259. The van der Waals surface area contributed by atoms with E-state index in [0.29, 0.717) is 6.42 Å². The topological polar surface area (TPSA) is 20.3 Å². The summed E-state index contributed by atoms with van der Waals surface area (Å²) in [5, 5.41) is 0. The number of halogens is 1. The van der Waals surface area contributed by atoms with E-state index in [1.807, 2.05) is 4.90 Å². The average molecular weight is 193 g/mol. The summed E-state index contributed by atoms with van der Waals surface area (Å²) in [4.78, 5) is 13.3. The van der Waals surface area contributed by atoms with Crippen LogP contribution in [0.1, 0.15) is 12.0 Å². The third kappa shape index (κ3) is 1.92. The highest BCUT2D eigenvalue weighted by Crippen LogP contribution is 2.10. The highest BCUT2D eigenvalue weighted by molar-refractivity contribution is 5.79. The van der Waals surface area contributed by atoms with Gasteiger partial charge in [0.15, 0.2) is 0 Å². The van der Waals surface area contributed by atoms with Crippen LogP contribution >= 0.6 is 0 Å². The number of nitrogens with zero attached hydrogens (tertiary/aromatic N) is 1. The molecule has 1 aliphatic rings. The second-order valence-corrected chi connectivity index (χ2v) is 3.54. The Morgan fingerprint density at radius 1 is 1.29 bits per heavy atom. The van der Waals surface area contributed by atoms with E-state index in [4.69, 9.17) is 0 Å². The fourth-order valence-electron chi connectivity index (χ4n) is 1.45. The molecular weight excluding hydrogens is 181 g/mol. The van der Waals surface area contributed by atoms with Crippen LogP contribution < -0.4 is 0 Å². The van der Waals surface area contributed by atoms with Crippen molar-refractivity contribution in [3.05, 3.63) is 35.6 Å². The Hall–Kier alpha value is -1.38. The number of hydrogen-bond donors (Lipinski definition) is 0. The second kappa shape index (κ2) is 3.78. The molecule has 1 saturated heterocycles. The molecule has 1 fully saturated rings. The highest BCUT2D eigenvalue weighted by atomic mass is 19.1. The smallest absolute Gasteiger partial charge is 0.226 e. The molecule has 0 unspecified atom stereocenters. The van der Waals surface area contributed by atoms with Gasteiger partial charge in [-0.25, -0.2) is 4.39 Å². The number of rotatable bonds is 2. The molecule has 3 heteroatoms. The lowest BCUT2D eigenvalue weighted by Crippen LogP contribution is -2.42. The molecule has 0 aromatic heterocycles. The molecule has 0 saturated carbocycles. The van der Waals surface area contributed by atoms with Crippen LogP contribution in [-0.4, -0.2) is 23.9 Å². The molecule has 0 N–H and O–H groups in total. The third-order valence-electron chi connectivity index (χ3n) is 2.48. The van der Waals surface area contributed by atoms with Crippen LogP contribution in [0.15, 0.2) is 24.3 Å². The van der Waals surface area contributed by atoms with Gasteiger partial charge in [0.1, 0.15) is 5.82 Å². The van der Waals surface area contributed by atoms with Crippen LogP contribution in [0.25, 0.3) is 0 Å². The van der Waals surface area contributed by atoms with Crippen LogP contribution in [0.4, 0.5) is 4.39 Å². The molecule has 0 spiro atoms. The number of likely N-dealkylation sites (tertiary alicyclic amines) is 1. The van der Waals surface area contributed by atoms with E-state index in [1.165, 1.54) is 12.1 Å². The zero-order chi connectivity index (χ0) is 9.97. The molecule has 1 heterocycles. The number of carbonyl (C=O) groups excluding carboxylic acids is 1. The zero-order valence-electron chi connectivity index (χ0n) is 7.87. The molecule has 2 rings (SSSR count). The van der Waals surface area contributed by atoms with Crippen molar-refractivity contribution >= 4 is 5.91 Å². The lowest BCUT2D eigenvalue weighted by molar-refractivity contribution is -0.133. The summed E-state index contributed by atoms with van der Waals surface area (Å²) in [5.41, 5.74) is 0.878. The minimum Gasteiger partial charge on any atom is -0.342 e. The maximum atomic E-state index is 12.6. The maximum absolute atomic E-state index is 12.6. The Morgan fingerprint density at radius 2 is 1.93 bits per heavy atom. The van der Waals surface area contributed by atoms with Crippen LogP contribution in [0.5, 0.6) is 0 Å². The molecule has 14 heavy (non-hydrogen) atoms. The first-order valence-corrected chi connectivity index (χ1v) is 4.78. The van der Waals surface area contributed by atoms with Gasteiger partial charge in [-0.3, -0.25) is 4.79 Å². The monoisotopic (exact) mass is 193 g/mol. The summed E-state index contributed by atoms with van der Waals surface area (Å²) in [6.07, 6.45) is 1.50. The van der Waals surface area contributed by atoms with Gasteiger partial charge in [0, 0.05) is 13.1 Å². The lowest BCUT2D eigenvalue weighted by Gasteiger charge is -2.30. The lowest BCUT2D eigenvalue weighted by atomic mass is 10.1. The van der Waals surface area contributed by atoms with Crippen molar-refractivity contribution in [1.29, 1.82) is 0 Å². The largest absolute Gasteiger partial charge is 0.342 e. The van der Waals surface area contributed by atoms with Crippen molar-refractivity contribution in [3.8, 4) is 0 Å². The van der Waals surface area contributed by atoms with Crippen LogP contribution in [0, 0.1) is 5.82 Å². The fourth-order valence-corrected chi connectivity index (χ4v) is 1.45. The van der Waals surface area contributed by atoms with Crippen molar-refractivity contribution in [1.82, 2.24) is 4.90 Å². The van der Waals surface area contributed by atoms with Gasteiger partial charge in [-0.2, -0.15) is 0 Å². The summed E-state index contributed by atoms with van der Waals surface area (Å²) in [6.45, 7) is 1.75. The first-order chi connectivity index (χ1) is 6.75. The molecular formula is C11H12FNO. The van der Waals surface area contributed by atoms with Gasteiger partial charge in [0.05, 0.1) is 6.42 Å². The zero-order valence-corrected chi connectivity index (χ0v) is 7.87. The predicted octanol–water partition coefficient (Wildman–Crippen LogP) is 1.60. The molecule has 1 amide bonds. The van der Waals surface area contributed by atoms with Gasteiger partial charge < -0.3 is 4.90 Å². The van der Waals surface area contributed by atoms with E-state index in [2.05, 4.69) is 0 Å². The molecule has 0 bridgehead atoms. The van der Waals surface area contributed by atoms with Crippen LogP contribution in [0.2, 0.25) is 0 Å². The van der Waals surface area contributed by atoms with E-state index in [0.717, 1.165) is 25.1 Å². The van der Waals surface area contributed by atoms with Gasteiger partial charge in [0.2, 0.25) is 5.91 Å². The summed E-state index contributed by atoms with van der Waals surface area (Å²) in [6, 6.07) is 6.09. The minimum absolute atomic E-state index is 0.142. The van der Waals surface area contributed by atoms with E-state index < -0.39 is 0 Å². The molecule has 0 radical (unpaired) electrons. The molecule has 0 atom stereocenters. The predicted molar refractivity (Wildman–Crippen MR) is 51.3 cm³/mol. The molecule has 1 aromatic carbocycles. The number of hydrogen-bond acceptors (Lipinski definition) is 1. The molecule has 0 aliphatic carbocycles. The third-order valence-corrected chi connectivity index (χ3v) is 2.48. The molecule has 74 valence electrons. The fraction of sp³-hybridized carbons (Fsp3) is 0.364. The summed E-state index contributed by atoms with van der Waals surface area (Å²) in [5.74, 6) is -0.118. The first kappa shape index (κ1) is 9.19. The van der Waals surface area contributed by atoms with Crippen molar-refractivity contribution < 1.29 is 9.18 Å². The van der Waals surface area contributed by atoms with Crippen molar-refractivity contribution in [3.63, 3.8) is 0 Å². The van der Waals surface area contributed by atoms with E-state index in [9.17, 15) is 9.18 Å². The standard InChI is InChI=1S/C11H12FNO/c12-10-4-2-9(3-5-10)8-11(14)13-6-1-7-13/h2-5H,1,6-8H2. The summed E-state index contributed by atoms with van der Waals surface area (Å²) >= 11 is 0. The summed E-state index contributed by atoms with van der Waals surface area (Å²) in [7, 11) is 0. The number of benzene rings is 1. The van der Waals surface area contributed by atoms with Crippen LogP contribution in [-0.2, 0) is 11.2 Å².